The summed E-state index contributed by atoms with van der Waals surface area (Å²) in [4.78, 5) is 4.05. The standard InChI is InChI=1S/C11H13N3O/c12-7-9-3-5-14-11(6-9)15-8-10-2-1-4-13-10/h3,5-6,10,13H,1-2,4,8H2/t10-/m0/s1. The molecule has 1 aromatic rings. The predicted molar refractivity (Wildman–Crippen MR) is 55.5 cm³/mol. The third kappa shape index (κ3) is 2.67. The summed E-state index contributed by atoms with van der Waals surface area (Å²) in [6.45, 7) is 1.70. The van der Waals surface area contributed by atoms with Crippen LogP contribution in [0, 0.1) is 11.3 Å². The van der Waals surface area contributed by atoms with Crippen LogP contribution in [0.3, 0.4) is 0 Å². The van der Waals surface area contributed by atoms with Crippen molar-refractivity contribution in [2.45, 2.75) is 18.9 Å². The summed E-state index contributed by atoms with van der Waals surface area (Å²) in [6.07, 6.45) is 3.95. The van der Waals surface area contributed by atoms with Crippen LogP contribution in [-0.2, 0) is 0 Å². The second-order valence-corrected chi connectivity index (χ2v) is 3.60. The van der Waals surface area contributed by atoms with Crippen molar-refractivity contribution in [3.8, 4) is 11.9 Å². The molecule has 0 unspecified atom stereocenters. The molecule has 0 spiro atoms. The third-order valence-electron chi connectivity index (χ3n) is 2.46. The van der Waals surface area contributed by atoms with E-state index in [-0.39, 0.29) is 0 Å². The van der Waals surface area contributed by atoms with Gasteiger partial charge in [-0.1, -0.05) is 0 Å². The Bertz CT molecular complexity index is 366. The van der Waals surface area contributed by atoms with Gasteiger partial charge in [0.2, 0.25) is 5.88 Å². The summed E-state index contributed by atoms with van der Waals surface area (Å²) in [7, 11) is 0. The Morgan fingerprint density at radius 2 is 2.60 bits per heavy atom. The van der Waals surface area contributed by atoms with Crippen LogP contribution in [0.2, 0.25) is 0 Å². The van der Waals surface area contributed by atoms with Gasteiger partial charge in [-0.15, -0.1) is 0 Å². The number of hydrogen-bond acceptors (Lipinski definition) is 4. The molecule has 0 radical (unpaired) electrons. The van der Waals surface area contributed by atoms with E-state index in [1.807, 2.05) is 0 Å². The van der Waals surface area contributed by atoms with Gasteiger partial charge in [0.1, 0.15) is 6.61 Å². The van der Waals surface area contributed by atoms with Gasteiger partial charge in [0, 0.05) is 18.3 Å². The number of nitriles is 1. The van der Waals surface area contributed by atoms with E-state index >= 15 is 0 Å². The molecule has 1 N–H and O–H groups in total. The summed E-state index contributed by atoms with van der Waals surface area (Å²) >= 11 is 0. The smallest absolute Gasteiger partial charge is 0.214 e. The number of hydrogen-bond donors (Lipinski definition) is 1. The molecule has 2 rings (SSSR count). The molecule has 2 heterocycles. The maximum atomic E-state index is 8.70. The van der Waals surface area contributed by atoms with Crippen LogP contribution >= 0.6 is 0 Å². The molecule has 4 nitrogen and oxygen atoms in total. The molecular formula is C11H13N3O. The minimum Gasteiger partial charge on any atom is -0.476 e. The van der Waals surface area contributed by atoms with Gasteiger partial charge in [-0.2, -0.15) is 5.26 Å². The minimum absolute atomic E-state index is 0.428. The molecule has 0 amide bonds. The Morgan fingerprint density at radius 3 is 3.33 bits per heavy atom. The van der Waals surface area contributed by atoms with Gasteiger partial charge in [-0.25, -0.2) is 4.98 Å². The molecule has 4 heteroatoms. The van der Waals surface area contributed by atoms with Gasteiger partial charge >= 0.3 is 0 Å². The number of nitrogens with one attached hydrogen (secondary N) is 1. The van der Waals surface area contributed by atoms with Crippen molar-refractivity contribution < 1.29 is 4.74 Å². The molecule has 1 fully saturated rings. The van der Waals surface area contributed by atoms with Gasteiger partial charge in [0.15, 0.2) is 0 Å². The van der Waals surface area contributed by atoms with E-state index in [4.69, 9.17) is 10.00 Å². The monoisotopic (exact) mass is 203 g/mol. The predicted octanol–water partition coefficient (Wildman–Crippen LogP) is 1.08. The van der Waals surface area contributed by atoms with Crippen LogP contribution in [-0.4, -0.2) is 24.2 Å². The molecule has 0 bridgehead atoms. The summed E-state index contributed by atoms with van der Waals surface area (Å²) in [5.41, 5.74) is 0.583. The first kappa shape index (κ1) is 9.94. The van der Waals surface area contributed by atoms with Crippen LogP contribution < -0.4 is 10.1 Å². The lowest BCUT2D eigenvalue weighted by Gasteiger charge is -2.10. The zero-order chi connectivity index (χ0) is 10.5. The Kier molecular flexibility index (Phi) is 3.15. The van der Waals surface area contributed by atoms with Crippen LogP contribution in [0.5, 0.6) is 5.88 Å². The van der Waals surface area contributed by atoms with Crippen molar-refractivity contribution in [1.29, 1.82) is 5.26 Å². The lowest BCUT2D eigenvalue weighted by atomic mass is 10.2. The Balaban J connectivity index is 1.90. The Morgan fingerprint density at radius 1 is 1.67 bits per heavy atom. The Hall–Kier alpha value is -1.60. The average Bonchev–Trinajstić information content (AvgIpc) is 2.79. The Labute approximate surface area is 88.9 Å². The number of ether oxygens (including phenoxy) is 1. The normalized spacial score (nSPS) is 19.8. The highest BCUT2D eigenvalue weighted by Gasteiger charge is 2.14. The average molecular weight is 203 g/mol. The third-order valence-corrected chi connectivity index (χ3v) is 2.46. The van der Waals surface area contributed by atoms with Crippen molar-refractivity contribution in [3.05, 3.63) is 23.9 Å². The molecule has 78 valence electrons. The minimum atomic E-state index is 0.428. The molecule has 1 aliphatic heterocycles. The first-order valence-corrected chi connectivity index (χ1v) is 5.11. The fourth-order valence-electron chi connectivity index (χ4n) is 1.64. The summed E-state index contributed by atoms with van der Waals surface area (Å²) in [6, 6.07) is 5.82. The molecule has 0 aliphatic carbocycles. The van der Waals surface area contributed by atoms with E-state index in [9.17, 15) is 0 Å². The molecule has 0 saturated carbocycles. The summed E-state index contributed by atoms with van der Waals surface area (Å²) < 4.78 is 5.51. The maximum absolute atomic E-state index is 8.70. The summed E-state index contributed by atoms with van der Waals surface area (Å²) in [5, 5.41) is 12.0. The molecule has 1 aromatic heterocycles. The van der Waals surface area contributed by atoms with E-state index in [1.165, 1.54) is 6.42 Å². The highest BCUT2D eigenvalue weighted by molar-refractivity contribution is 5.31. The summed E-state index contributed by atoms with van der Waals surface area (Å²) in [5.74, 6) is 0.530. The van der Waals surface area contributed by atoms with Crippen LogP contribution in [0.15, 0.2) is 18.3 Å². The van der Waals surface area contributed by atoms with Crippen molar-refractivity contribution >= 4 is 0 Å². The van der Waals surface area contributed by atoms with E-state index in [0.29, 0.717) is 24.1 Å². The first-order chi connectivity index (χ1) is 7.38. The molecule has 1 saturated heterocycles. The van der Waals surface area contributed by atoms with Gasteiger partial charge in [-0.3, -0.25) is 0 Å². The van der Waals surface area contributed by atoms with Gasteiger partial charge < -0.3 is 10.1 Å². The number of aromatic nitrogens is 1. The van der Waals surface area contributed by atoms with E-state index in [0.717, 1.165) is 13.0 Å². The van der Waals surface area contributed by atoms with Crippen molar-refractivity contribution in [2.75, 3.05) is 13.2 Å². The van der Waals surface area contributed by atoms with Crippen molar-refractivity contribution in [3.63, 3.8) is 0 Å². The van der Waals surface area contributed by atoms with E-state index in [1.54, 1.807) is 18.3 Å². The lowest BCUT2D eigenvalue weighted by Crippen LogP contribution is -2.28. The molecule has 0 aromatic carbocycles. The molecule has 15 heavy (non-hydrogen) atoms. The SMILES string of the molecule is N#Cc1ccnc(OC[C@@H]2CCCN2)c1. The van der Waals surface area contributed by atoms with Gasteiger partial charge in [-0.05, 0) is 25.5 Å². The zero-order valence-corrected chi connectivity index (χ0v) is 8.44. The van der Waals surface area contributed by atoms with Crippen molar-refractivity contribution in [1.82, 2.24) is 10.3 Å². The van der Waals surface area contributed by atoms with Crippen LogP contribution in [0.1, 0.15) is 18.4 Å². The number of rotatable bonds is 3. The molecule has 1 aliphatic rings. The number of pyridine rings is 1. The molecule has 1 atom stereocenters. The van der Waals surface area contributed by atoms with Gasteiger partial charge in [0.05, 0.1) is 11.6 Å². The highest BCUT2D eigenvalue weighted by atomic mass is 16.5. The first-order valence-electron chi connectivity index (χ1n) is 5.11. The molecular weight excluding hydrogens is 190 g/mol. The topological polar surface area (TPSA) is 57.9 Å². The van der Waals surface area contributed by atoms with Crippen LogP contribution in [0.25, 0.3) is 0 Å². The van der Waals surface area contributed by atoms with E-state index < -0.39 is 0 Å². The van der Waals surface area contributed by atoms with E-state index in [2.05, 4.69) is 16.4 Å². The fourth-order valence-corrected chi connectivity index (χ4v) is 1.64. The second kappa shape index (κ2) is 4.76. The van der Waals surface area contributed by atoms with Crippen molar-refractivity contribution in [2.24, 2.45) is 0 Å². The lowest BCUT2D eigenvalue weighted by molar-refractivity contribution is 0.267. The van der Waals surface area contributed by atoms with Crippen LogP contribution in [0.4, 0.5) is 0 Å². The zero-order valence-electron chi connectivity index (χ0n) is 8.44. The largest absolute Gasteiger partial charge is 0.476 e. The highest BCUT2D eigenvalue weighted by Crippen LogP contribution is 2.11. The maximum Gasteiger partial charge on any atom is 0.214 e. The second-order valence-electron chi connectivity index (χ2n) is 3.60. The van der Waals surface area contributed by atoms with Gasteiger partial charge in [0.25, 0.3) is 0 Å². The number of nitrogens with zero attached hydrogens (tertiary/aromatic N) is 2. The fraction of sp³-hybridized carbons (Fsp3) is 0.455. The quantitative estimate of drug-likeness (QED) is 0.798.